The van der Waals surface area contributed by atoms with E-state index >= 15 is 0 Å². The topological polar surface area (TPSA) is 137 Å². The van der Waals surface area contributed by atoms with Crippen molar-refractivity contribution in [1.82, 2.24) is 20.9 Å². The molecule has 1 atom stereocenters. The molecule has 1 unspecified atom stereocenters. The minimum absolute atomic E-state index is 0.117. The third-order valence-electron chi connectivity index (χ3n) is 3.69. The zero-order chi connectivity index (χ0) is 19.5. The summed E-state index contributed by atoms with van der Waals surface area (Å²) in [4.78, 5) is 48.4. The van der Waals surface area contributed by atoms with E-state index < -0.39 is 30.4 Å². The number of nitrogens with zero attached hydrogens (tertiary/aromatic N) is 1. The Morgan fingerprint density at radius 1 is 1.04 bits per heavy atom. The predicted octanol–water partition coefficient (Wildman–Crippen LogP) is -1.83. The van der Waals surface area contributed by atoms with Crippen LogP contribution in [-0.4, -0.2) is 85.7 Å². The number of carbonyl (C=O) groups excluding carboxylic acids is 3. The molecule has 0 saturated carbocycles. The van der Waals surface area contributed by atoms with E-state index in [0.29, 0.717) is 32.7 Å². The number of carboxylic acid groups (broad SMARTS) is 1. The maximum absolute atomic E-state index is 12.0. The van der Waals surface area contributed by atoms with Crippen LogP contribution in [0.1, 0.15) is 20.3 Å². The lowest BCUT2D eigenvalue weighted by atomic mass is 10.0. The van der Waals surface area contributed by atoms with Gasteiger partial charge >= 0.3 is 5.97 Å². The summed E-state index contributed by atoms with van der Waals surface area (Å²) >= 11 is 0. The summed E-state index contributed by atoms with van der Waals surface area (Å²) in [6.45, 7) is 5.68. The molecule has 3 amide bonds. The molecule has 1 fully saturated rings. The van der Waals surface area contributed by atoms with E-state index in [9.17, 15) is 19.2 Å². The van der Waals surface area contributed by atoms with Crippen molar-refractivity contribution in [2.24, 2.45) is 5.92 Å². The van der Waals surface area contributed by atoms with Gasteiger partial charge in [-0.05, 0) is 12.3 Å². The van der Waals surface area contributed by atoms with E-state index in [0.717, 1.165) is 0 Å². The Morgan fingerprint density at radius 2 is 1.69 bits per heavy atom. The van der Waals surface area contributed by atoms with Crippen molar-refractivity contribution < 1.29 is 29.0 Å². The zero-order valence-electron chi connectivity index (χ0n) is 15.2. The standard InChI is InChI=1S/C16H28N4O6/c1-11(2)7-12(16(25)18-9-15(23)24)19-13(21)8-17-14(22)10-20-3-5-26-6-4-20/h11-12H,3-10H2,1-2H3,(H,17,22)(H,18,25)(H,19,21)(H,23,24). The van der Waals surface area contributed by atoms with Crippen LogP contribution in [0.4, 0.5) is 0 Å². The molecule has 0 bridgehead atoms. The average Bonchev–Trinajstić information content (AvgIpc) is 2.57. The molecule has 1 aliphatic rings. The Bertz CT molecular complexity index is 505. The Labute approximate surface area is 152 Å². The van der Waals surface area contributed by atoms with Crippen molar-refractivity contribution in [3.8, 4) is 0 Å². The molecule has 148 valence electrons. The van der Waals surface area contributed by atoms with Crippen LogP contribution in [0.25, 0.3) is 0 Å². The van der Waals surface area contributed by atoms with Crippen LogP contribution in [0.15, 0.2) is 0 Å². The Hall–Kier alpha value is -2.20. The zero-order valence-corrected chi connectivity index (χ0v) is 15.2. The van der Waals surface area contributed by atoms with Gasteiger partial charge in [0.2, 0.25) is 17.7 Å². The minimum atomic E-state index is -1.16. The van der Waals surface area contributed by atoms with Gasteiger partial charge in [0.15, 0.2) is 0 Å². The van der Waals surface area contributed by atoms with Crippen LogP contribution in [-0.2, 0) is 23.9 Å². The first-order valence-electron chi connectivity index (χ1n) is 8.63. The quantitative estimate of drug-likeness (QED) is 0.354. The van der Waals surface area contributed by atoms with E-state index in [4.69, 9.17) is 9.84 Å². The number of carbonyl (C=O) groups is 4. The Kier molecular flexibility index (Phi) is 9.60. The lowest BCUT2D eigenvalue weighted by Crippen LogP contribution is -2.51. The molecule has 0 radical (unpaired) electrons. The number of aliphatic carboxylic acids is 1. The van der Waals surface area contributed by atoms with E-state index in [1.165, 1.54) is 0 Å². The summed E-state index contributed by atoms with van der Waals surface area (Å²) in [7, 11) is 0. The minimum Gasteiger partial charge on any atom is -0.480 e. The van der Waals surface area contributed by atoms with Crippen molar-refractivity contribution in [2.45, 2.75) is 26.3 Å². The molecule has 0 aromatic rings. The van der Waals surface area contributed by atoms with Gasteiger partial charge in [0.05, 0.1) is 26.3 Å². The van der Waals surface area contributed by atoms with Gasteiger partial charge in [-0.15, -0.1) is 0 Å². The molecule has 0 aliphatic carbocycles. The highest BCUT2D eigenvalue weighted by atomic mass is 16.5. The molecular weight excluding hydrogens is 344 g/mol. The highest BCUT2D eigenvalue weighted by Gasteiger charge is 2.22. The number of hydrogen-bond donors (Lipinski definition) is 4. The first-order valence-corrected chi connectivity index (χ1v) is 8.63. The Balaban J connectivity index is 2.40. The second kappa shape index (κ2) is 11.4. The number of carboxylic acids is 1. The molecule has 1 aliphatic heterocycles. The lowest BCUT2D eigenvalue weighted by molar-refractivity contribution is -0.138. The lowest BCUT2D eigenvalue weighted by Gasteiger charge is -2.25. The number of amides is 3. The van der Waals surface area contributed by atoms with E-state index in [2.05, 4.69) is 16.0 Å². The van der Waals surface area contributed by atoms with Crippen molar-refractivity contribution >= 4 is 23.7 Å². The summed E-state index contributed by atoms with van der Waals surface area (Å²) in [6.07, 6.45) is 0.360. The van der Waals surface area contributed by atoms with Crippen LogP contribution < -0.4 is 16.0 Å². The monoisotopic (exact) mass is 372 g/mol. The number of rotatable bonds is 10. The maximum atomic E-state index is 12.0. The fraction of sp³-hybridized carbons (Fsp3) is 0.750. The average molecular weight is 372 g/mol. The van der Waals surface area contributed by atoms with Gasteiger partial charge < -0.3 is 25.8 Å². The highest BCUT2D eigenvalue weighted by molar-refractivity contribution is 5.91. The summed E-state index contributed by atoms with van der Waals surface area (Å²) in [5.41, 5.74) is 0. The van der Waals surface area contributed by atoms with Crippen molar-refractivity contribution in [2.75, 3.05) is 45.9 Å². The van der Waals surface area contributed by atoms with Gasteiger partial charge in [-0.3, -0.25) is 24.1 Å². The molecule has 0 aromatic heterocycles. The summed E-state index contributed by atoms with van der Waals surface area (Å²) < 4.78 is 5.20. The second-order valence-corrected chi connectivity index (χ2v) is 6.53. The third kappa shape index (κ3) is 9.33. The highest BCUT2D eigenvalue weighted by Crippen LogP contribution is 2.05. The molecule has 1 saturated heterocycles. The van der Waals surface area contributed by atoms with Crippen LogP contribution in [0.3, 0.4) is 0 Å². The van der Waals surface area contributed by atoms with E-state index in [1.807, 2.05) is 18.7 Å². The van der Waals surface area contributed by atoms with Gasteiger partial charge in [0.1, 0.15) is 12.6 Å². The van der Waals surface area contributed by atoms with Crippen molar-refractivity contribution in [1.29, 1.82) is 0 Å². The molecule has 4 N–H and O–H groups in total. The maximum Gasteiger partial charge on any atom is 0.322 e. The van der Waals surface area contributed by atoms with Gasteiger partial charge in [0.25, 0.3) is 0 Å². The molecular formula is C16H28N4O6. The van der Waals surface area contributed by atoms with Crippen LogP contribution >= 0.6 is 0 Å². The summed E-state index contributed by atoms with van der Waals surface area (Å²) in [5, 5.41) is 15.9. The number of hydrogen-bond acceptors (Lipinski definition) is 6. The first kappa shape index (κ1) is 21.8. The molecule has 0 spiro atoms. The fourth-order valence-corrected chi connectivity index (χ4v) is 2.43. The van der Waals surface area contributed by atoms with E-state index in [-0.39, 0.29) is 24.9 Å². The normalized spacial score (nSPS) is 16.0. The van der Waals surface area contributed by atoms with Gasteiger partial charge in [-0.25, -0.2) is 0 Å². The van der Waals surface area contributed by atoms with Gasteiger partial charge in [0, 0.05) is 13.1 Å². The first-order chi connectivity index (χ1) is 12.3. The van der Waals surface area contributed by atoms with Crippen LogP contribution in [0, 0.1) is 5.92 Å². The summed E-state index contributed by atoms with van der Waals surface area (Å²) in [5.74, 6) is -2.39. The largest absolute Gasteiger partial charge is 0.480 e. The number of ether oxygens (including phenoxy) is 1. The summed E-state index contributed by atoms with van der Waals surface area (Å²) in [6, 6.07) is -0.849. The smallest absolute Gasteiger partial charge is 0.322 e. The SMILES string of the molecule is CC(C)CC(NC(=O)CNC(=O)CN1CCOCC1)C(=O)NCC(=O)O. The van der Waals surface area contributed by atoms with Gasteiger partial charge in [-0.1, -0.05) is 13.8 Å². The second-order valence-electron chi connectivity index (χ2n) is 6.53. The number of morpholine rings is 1. The number of nitrogens with one attached hydrogen (secondary N) is 3. The molecule has 10 nitrogen and oxygen atoms in total. The molecule has 0 aromatic carbocycles. The third-order valence-corrected chi connectivity index (χ3v) is 3.69. The molecule has 26 heavy (non-hydrogen) atoms. The van der Waals surface area contributed by atoms with E-state index in [1.54, 1.807) is 0 Å². The van der Waals surface area contributed by atoms with Crippen LogP contribution in [0.2, 0.25) is 0 Å². The Morgan fingerprint density at radius 3 is 2.27 bits per heavy atom. The predicted molar refractivity (Wildman–Crippen MR) is 92.3 cm³/mol. The van der Waals surface area contributed by atoms with Crippen molar-refractivity contribution in [3.63, 3.8) is 0 Å². The molecule has 10 heteroatoms. The van der Waals surface area contributed by atoms with Crippen LogP contribution in [0.5, 0.6) is 0 Å². The fourth-order valence-electron chi connectivity index (χ4n) is 2.43. The van der Waals surface area contributed by atoms with Gasteiger partial charge in [-0.2, -0.15) is 0 Å². The van der Waals surface area contributed by atoms with Crippen molar-refractivity contribution in [3.05, 3.63) is 0 Å². The molecule has 1 heterocycles. The molecule has 1 rings (SSSR count).